The van der Waals surface area contributed by atoms with E-state index < -0.39 is 18.1 Å². The third-order valence-electron chi connectivity index (χ3n) is 5.81. The second-order valence-electron chi connectivity index (χ2n) is 8.61. The highest BCUT2D eigenvalue weighted by Crippen LogP contribution is 2.44. The number of ether oxygens (including phenoxy) is 2. The number of hydrogen-bond acceptors (Lipinski definition) is 4. The fraction of sp³-hybridized carbons (Fsp3) is 0.462. The molecule has 1 atom stereocenters. The number of carbonyl (C=O) groups is 2. The van der Waals surface area contributed by atoms with E-state index in [4.69, 9.17) is 9.47 Å². The van der Waals surface area contributed by atoms with E-state index in [1.165, 1.54) is 4.90 Å². The monoisotopic (exact) mass is 439 g/mol. The van der Waals surface area contributed by atoms with Gasteiger partial charge in [0, 0.05) is 19.1 Å². The van der Waals surface area contributed by atoms with Crippen molar-refractivity contribution in [1.82, 2.24) is 4.90 Å². The number of benzene rings is 2. The molecule has 0 radical (unpaired) electrons. The molecule has 2 aromatic rings. The minimum Gasteiger partial charge on any atom is -0.480 e. The minimum atomic E-state index is -1.09. The molecule has 6 heteroatoms. The van der Waals surface area contributed by atoms with Crippen LogP contribution in [0.15, 0.2) is 48.5 Å². The Kier molecular flexibility index (Phi) is 8.28. The molecule has 0 bridgehead atoms. The first kappa shape index (κ1) is 23.8. The number of rotatable bonds is 11. The predicted molar refractivity (Wildman–Crippen MR) is 124 cm³/mol. The molecule has 1 aliphatic carbocycles. The van der Waals surface area contributed by atoms with Gasteiger partial charge in [-0.05, 0) is 41.0 Å². The maximum Gasteiger partial charge on any atom is 0.410 e. The molecular weight excluding hydrogens is 406 g/mol. The van der Waals surface area contributed by atoms with Crippen LogP contribution in [0.2, 0.25) is 0 Å². The van der Waals surface area contributed by atoms with Crippen LogP contribution in [0, 0.1) is 5.92 Å². The van der Waals surface area contributed by atoms with Crippen LogP contribution in [0.25, 0.3) is 11.1 Å². The van der Waals surface area contributed by atoms with Crippen LogP contribution >= 0.6 is 0 Å². The number of fused-ring (bicyclic) bond motifs is 3. The molecule has 0 aromatic heterocycles. The molecule has 2 aromatic carbocycles. The maximum atomic E-state index is 13.0. The molecule has 3 rings (SSSR count). The fourth-order valence-corrected chi connectivity index (χ4v) is 4.10. The standard InChI is InChI=1S/C26H33NO5/c1-4-14-27(24(25(28)29)17-31-15-13-18(2)3)26(30)32-16-23-21-11-7-5-9-19(21)20-10-6-8-12-22(20)23/h5-12,18,23-24H,4,13-17H2,1-3H3,(H,28,29)/t24-/m0/s1. The summed E-state index contributed by atoms with van der Waals surface area (Å²) in [5, 5.41) is 9.74. The zero-order valence-electron chi connectivity index (χ0n) is 19.1. The van der Waals surface area contributed by atoms with Crippen molar-refractivity contribution in [2.45, 2.75) is 45.6 Å². The molecule has 0 heterocycles. The molecule has 1 amide bonds. The molecule has 0 aliphatic heterocycles. The number of aliphatic carboxylic acids is 1. The third-order valence-corrected chi connectivity index (χ3v) is 5.81. The lowest BCUT2D eigenvalue weighted by Gasteiger charge is -2.28. The van der Waals surface area contributed by atoms with Gasteiger partial charge in [0.15, 0.2) is 6.04 Å². The van der Waals surface area contributed by atoms with E-state index in [0.717, 1.165) is 28.7 Å². The molecule has 172 valence electrons. The van der Waals surface area contributed by atoms with Crippen molar-refractivity contribution in [3.63, 3.8) is 0 Å². The van der Waals surface area contributed by atoms with Gasteiger partial charge in [0.05, 0.1) is 6.61 Å². The van der Waals surface area contributed by atoms with Crippen LogP contribution in [0.1, 0.15) is 50.7 Å². The minimum absolute atomic E-state index is 0.0494. The van der Waals surface area contributed by atoms with Crippen LogP contribution in [-0.4, -0.2) is 54.5 Å². The molecule has 6 nitrogen and oxygen atoms in total. The van der Waals surface area contributed by atoms with Gasteiger partial charge in [-0.1, -0.05) is 69.3 Å². The summed E-state index contributed by atoms with van der Waals surface area (Å²) < 4.78 is 11.3. The van der Waals surface area contributed by atoms with Crippen LogP contribution in [-0.2, 0) is 14.3 Å². The van der Waals surface area contributed by atoms with Crippen LogP contribution in [0.3, 0.4) is 0 Å². The van der Waals surface area contributed by atoms with Crippen molar-refractivity contribution in [3.8, 4) is 11.1 Å². The summed E-state index contributed by atoms with van der Waals surface area (Å²) in [6.07, 6.45) is 0.846. The first-order chi connectivity index (χ1) is 15.4. The number of nitrogens with zero attached hydrogens (tertiary/aromatic N) is 1. The van der Waals surface area contributed by atoms with Gasteiger partial charge >= 0.3 is 12.1 Å². The zero-order valence-corrected chi connectivity index (χ0v) is 19.1. The van der Waals surface area contributed by atoms with Crippen molar-refractivity contribution >= 4 is 12.1 Å². The van der Waals surface area contributed by atoms with Gasteiger partial charge in [0.25, 0.3) is 0 Å². The molecule has 0 saturated heterocycles. The molecule has 0 unspecified atom stereocenters. The topological polar surface area (TPSA) is 76.1 Å². The van der Waals surface area contributed by atoms with Gasteiger partial charge < -0.3 is 14.6 Å². The van der Waals surface area contributed by atoms with E-state index >= 15 is 0 Å². The summed E-state index contributed by atoms with van der Waals surface area (Å²) in [6.45, 7) is 6.94. The number of carbonyl (C=O) groups excluding carboxylic acids is 1. The number of amides is 1. The number of carboxylic acid groups (broad SMARTS) is 1. The zero-order chi connectivity index (χ0) is 23.1. The summed E-state index contributed by atoms with van der Waals surface area (Å²) in [6, 6.07) is 15.2. The maximum absolute atomic E-state index is 13.0. The first-order valence-electron chi connectivity index (χ1n) is 11.4. The Bertz CT molecular complexity index is 880. The van der Waals surface area contributed by atoms with Crippen LogP contribution in [0.5, 0.6) is 0 Å². The molecule has 0 saturated carbocycles. The van der Waals surface area contributed by atoms with Crippen molar-refractivity contribution in [1.29, 1.82) is 0 Å². The second-order valence-corrected chi connectivity index (χ2v) is 8.61. The lowest BCUT2D eigenvalue weighted by molar-refractivity contribution is -0.145. The molecule has 32 heavy (non-hydrogen) atoms. The predicted octanol–water partition coefficient (Wildman–Crippen LogP) is 5.16. The largest absolute Gasteiger partial charge is 0.480 e. The fourth-order valence-electron chi connectivity index (χ4n) is 4.10. The lowest BCUT2D eigenvalue weighted by Crippen LogP contribution is -2.48. The Labute approximate surface area is 190 Å². The molecule has 0 spiro atoms. The van der Waals surface area contributed by atoms with Crippen molar-refractivity contribution in [2.75, 3.05) is 26.4 Å². The average molecular weight is 440 g/mol. The Morgan fingerprint density at radius 3 is 2.16 bits per heavy atom. The van der Waals surface area contributed by atoms with Crippen molar-refractivity contribution in [2.24, 2.45) is 5.92 Å². The highest BCUT2D eigenvalue weighted by Gasteiger charge is 2.33. The van der Waals surface area contributed by atoms with E-state index in [0.29, 0.717) is 25.5 Å². The van der Waals surface area contributed by atoms with Gasteiger partial charge in [0.1, 0.15) is 6.61 Å². The normalized spacial score (nSPS) is 13.5. The molecule has 1 N–H and O–H groups in total. The van der Waals surface area contributed by atoms with Crippen LogP contribution in [0.4, 0.5) is 4.79 Å². The third kappa shape index (κ3) is 5.49. The van der Waals surface area contributed by atoms with Crippen molar-refractivity contribution < 1.29 is 24.2 Å². The van der Waals surface area contributed by atoms with E-state index in [9.17, 15) is 14.7 Å². The van der Waals surface area contributed by atoms with Gasteiger partial charge in [-0.25, -0.2) is 9.59 Å². The summed E-state index contributed by atoms with van der Waals surface area (Å²) >= 11 is 0. The quantitative estimate of drug-likeness (QED) is 0.489. The Hall–Kier alpha value is -2.86. The lowest BCUT2D eigenvalue weighted by atomic mass is 9.98. The van der Waals surface area contributed by atoms with E-state index in [1.54, 1.807) is 0 Å². The highest BCUT2D eigenvalue weighted by molar-refractivity contribution is 5.81. The average Bonchev–Trinajstić information content (AvgIpc) is 3.10. The number of hydrogen-bond donors (Lipinski definition) is 1. The number of carboxylic acids is 1. The molecule has 0 fully saturated rings. The summed E-state index contributed by atoms with van der Waals surface area (Å²) in [5.74, 6) is -0.691. The summed E-state index contributed by atoms with van der Waals surface area (Å²) in [7, 11) is 0. The molecular formula is C26H33NO5. The van der Waals surface area contributed by atoms with Crippen LogP contribution < -0.4 is 0 Å². The SMILES string of the molecule is CCCN(C(=O)OCC1c2ccccc2-c2ccccc21)[C@@H](COCCC(C)C)C(=O)O. The summed E-state index contributed by atoms with van der Waals surface area (Å²) in [5.41, 5.74) is 4.54. The van der Waals surface area contributed by atoms with E-state index in [-0.39, 0.29) is 19.1 Å². The summed E-state index contributed by atoms with van der Waals surface area (Å²) in [4.78, 5) is 26.2. The van der Waals surface area contributed by atoms with Gasteiger partial charge in [0.2, 0.25) is 0 Å². The Morgan fingerprint density at radius 2 is 1.62 bits per heavy atom. The Balaban J connectivity index is 1.70. The Morgan fingerprint density at radius 1 is 1.03 bits per heavy atom. The van der Waals surface area contributed by atoms with E-state index in [1.807, 2.05) is 31.2 Å². The second kappa shape index (κ2) is 11.1. The smallest absolute Gasteiger partial charge is 0.410 e. The van der Waals surface area contributed by atoms with E-state index in [2.05, 4.69) is 38.1 Å². The first-order valence-corrected chi connectivity index (χ1v) is 11.4. The van der Waals surface area contributed by atoms with Gasteiger partial charge in [-0.3, -0.25) is 4.90 Å². The van der Waals surface area contributed by atoms with Gasteiger partial charge in [-0.2, -0.15) is 0 Å². The van der Waals surface area contributed by atoms with Crippen molar-refractivity contribution in [3.05, 3.63) is 59.7 Å². The molecule has 1 aliphatic rings. The highest BCUT2D eigenvalue weighted by atomic mass is 16.6. The van der Waals surface area contributed by atoms with Gasteiger partial charge in [-0.15, -0.1) is 0 Å².